The van der Waals surface area contributed by atoms with Crippen LogP contribution < -0.4 is 5.32 Å². The number of nitrogens with zero attached hydrogens (tertiary/aromatic N) is 1. The number of non-ortho nitro benzene ring substituents is 1. The number of nitrogens with one attached hydrogen (secondary N) is 1. The van der Waals surface area contributed by atoms with Crippen molar-refractivity contribution in [3.8, 4) is 0 Å². The average molecular weight is 252 g/mol. The van der Waals surface area contributed by atoms with Crippen molar-refractivity contribution in [3.05, 3.63) is 33.9 Å². The van der Waals surface area contributed by atoms with Crippen molar-refractivity contribution in [2.45, 2.75) is 20.8 Å². The summed E-state index contributed by atoms with van der Waals surface area (Å²) < 4.78 is 5.43. The summed E-state index contributed by atoms with van der Waals surface area (Å²) in [4.78, 5) is 10.3. The van der Waals surface area contributed by atoms with E-state index in [4.69, 9.17) is 4.74 Å². The first-order valence-electron chi connectivity index (χ1n) is 6.06. The van der Waals surface area contributed by atoms with Gasteiger partial charge in [-0.2, -0.15) is 0 Å². The molecule has 0 spiro atoms. The molecule has 0 aliphatic carbocycles. The number of nitro benzene ring substituents is 1. The first-order valence-corrected chi connectivity index (χ1v) is 6.06. The molecule has 0 radical (unpaired) electrons. The van der Waals surface area contributed by atoms with Crippen molar-refractivity contribution in [1.29, 1.82) is 0 Å². The highest BCUT2D eigenvalue weighted by Gasteiger charge is 2.07. The highest BCUT2D eigenvalue weighted by Crippen LogP contribution is 2.20. The van der Waals surface area contributed by atoms with E-state index in [9.17, 15) is 10.1 Å². The van der Waals surface area contributed by atoms with Gasteiger partial charge in [-0.15, -0.1) is 0 Å². The van der Waals surface area contributed by atoms with Gasteiger partial charge in [0.25, 0.3) is 5.69 Å². The largest absolute Gasteiger partial charge is 0.383 e. The molecule has 0 unspecified atom stereocenters. The van der Waals surface area contributed by atoms with Gasteiger partial charge in [0.05, 0.1) is 11.5 Å². The van der Waals surface area contributed by atoms with Gasteiger partial charge in [0, 0.05) is 31.0 Å². The van der Waals surface area contributed by atoms with Gasteiger partial charge in [-0.05, 0) is 24.5 Å². The normalized spacial score (nSPS) is 10.7. The molecule has 0 saturated carbocycles. The van der Waals surface area contributed by atoms with Crippen LogP contribution in [0.2, 0.25) is 0 Å². The Hall–Kier alpha value is -1.62. The summed E-state index contributed by atoms with van der Waals surface area (Å²) in [7, 11) is 0. The minimum atomic E-state index is -0.382. The lowest BCUT2D eigenvalue weighted by atomic mass is 10.2. The Morgan fingerprint density at radius 3 is 2.72 bits per heavy atom. The Morgan fingerprint density at radius 2 is 2.11 bits per heavy atom. The van der Waals surface area contributed by atoms with Gasteiger partial charge in [0.15, 0.2) is 0 Å². The van der Waals surface area contributed by atoms with Crippen molar-refractivity contribution in [2.75, 3.05) is 25.1 Å². The molecule has 0 aliphatic rings. The van der Waals surface area contributed by atoms with Crippen LogP contribution >= 0.6 is 0 Å². The molecule has 1 aromatic carbocycles. The Labute approximate surface area is 107 Å². The molecule has 5 nitrogen and oxygen atoms in total. The summed E-state index contributed by atoms with van der Waals surface area (Å²) in [6, 6.07) is 4.98. The van der Waals surface area contributed by atoms with E-state index >= 15 is 0 Å². The molecule has 18 heavy (non-hydrogen) atoms. The smallest absolute Gasteiger partial charge is 0.271 e. The number of nitro groups is 1. The van der Waals surface area contributed by atoms with Crippen molar-refractivity contribution in [1.82, 2.24) is 0 Å². The minimum absolute atomic E-state index is 0.112. The summed E-state index contributed by atoms with van der Waals surface area (Å²) in [5.41, 5.74) is 1.74. The van der Waals surface area contributed by atoms with E-state index in [0.717, 1.165) is 17.9 Å². The maximum atomic E-state index is 10.7. The van der Waals surface area contributed by atoms with E-state index in [-0.39, 0.29) is 10.6 Å². The lowest BCUT2D eigenvalue weighted by Gasteiger charge is -2.09. The maximum Gasteiger partial charge on any atom is 0.271 e. The molecule has 1 N–H and O–H groups in total. The summed E-state index contributed by atoms with van der Waals surface area (Å²) in [5.74, 6) is 0.519. The molecule has 0 saturated heterocycles. The van der Waals surface area contributed by atoms with Crippen LogP contribution in [-0.4, -0.2) is 24.7 Å². The summed E-state index contributed by atoms with van der Waals surface area (Å²) in [5, 5.41) is 13.8. The Balaban J connectivity index is 2.44. The van der Waals surface area contributed by atoms with E-state index in [1.165, 1.54) is 6.07 Å². The number of rotatable bonds is 7. The molecular weight excluding hydrogens is 232 g/mol. The molecule has 0 aliphatic heterocycles. The Bertz CT molecular complexity index is 405. The SMILES string of the molecule is Cc1cc(NCCOCC(C)C)cc([N+](=O)[O-])c1. The van der Waals surface area contributed by atoms with Gasteiger partial charge in [-0.3, -0.25) is 10.1 Å². The number of aryl methyl sites for hydroxylation is 1. The molecule has 0 heterocycles. The van der Waals surface area contributed by atoms with Crippen LogP contribution in [0, 0.1) is 23.0 Å². The second kappa shape index (κ2) is 6.96. The third-order valence-electron chi connectivity index (χ3n) is 2.30. The molecule has 0 fully saturated rings. The summed E-state index contributed by atoms with van der Waals surface area (Å²) in [6.45, 7) is 8.00. The van der Waals surface area contributed by atoms with E-state index < -0.39 is 0 Å². The standard InChI is InChI=1S/C13H20N2O3/c1-10(2)9-18-5-4-14-12-6-11(3)7-13(8-12)15(16)17/h6-8,10,14H,4-5,9H2,1-3H3. The Morgan fingerprint density at radius 1 is 1.39 bits per heavy atom. The zero-order chi connectivity index (χ0) is 13.5. The van der Waals surface area contributed by atoms with Gasteiger partial charge in [-0.25, -0.2) is 0 Å². The number of benzene rings is 1. The van der Waals surface area contributed by atoms with Gasteiger partial charge < -0.3 is 10.1 Å². The molecule has 0 amide bonds. The number of hydrogen-bond donors (Lipinski definition) is 1. The fourth-order valence-electron chi connectivity index (χ4n) is 1.56. The zero-order valence-corrected chi connectivity index (χ0v) is 11.1. The van der Waals surface area contributed by atoms with Crippen LogP contribution in [0.15, 0.2) is 18.2 Å². The topological polar surface area (TPSA) is 64.4 Å². The lowest BCUT2D eigenvalue weighted by molar-refractivity contribution is -0.384. The molecule has 5 heteroatoms. The second-order valence-electron chi connectivity index (χ2n) is 4.71. The highest BCUT2D eigenvalue weighted by atomic mass is 16.6. The van der Waals surface area contributed by atoms with Gasteiger partial charge in [0.1, 0.15) is 0 Å². The first kappa shape index (κ1) is 14.4. The van der Waals surface area contributed by atoms with E-state index in [0.29, 0.717) is 19.1 Å². The van der Waals surface area contributed by atoms with Crippen LogP contribution in [0.25, 0.3) is 0 Å². The van der Waals surface area contributed by atoms with Crippen LogP contribution in [0.4, 0.5) is 11.4 Å². The van der Waals surface area contributed by atoms with Crippen LogP contribution in [0.3, 0.4) is 0 Å². The average Bonchev–Trinajstić information content (AvgIpc) is 2.27. The van der Waals surface area contributed by atoms with Crippen LogP contribution in [-0.2, 0) is 4.74 Å². The molecule has 0 bridgehead atoms. The maximum absolute atomic E-state index is 10.7. The van der Waals surface area contributed by atoms with Crippen LogP contribution in [0.1, 0.15) is 19.4 Å². The zero-order valence-electron chi connectivity index (χ0n) is 11.1. The predicted octanol–water partition coefficient (Wildman–Crippen LogP) is 2.99. The second-order valence-corrected chi connectivity index (χ2v) is 4.71. The van der Waals surface area contributed by atoms with Crippen molar-refractivity contribution < 1.29 is 9.66 Å². The number of anilines is 1. The molecule has 100 valence electrons. The Kier molecular flexibility index (Phi) is 5.58. The molecule has 1 rings (SSSR count). The van der Waals surface area contributed by atoms with E-state index in [2.05, 4.69) is 19.2 Å². The quantitative estimate of drug-likeness (QED) is 0.460. The number of ether oxygens (including phenoxy) is 1. The van der Waals surface area contributed by atoms with Gasteiger partial charge in [0.2, 0.25) is 0 Å². The van der Waals surface area contributed by atoms with Gasteiger partial charge in [-0.1, -0.05) is 13.8 Å². The third-order valence-corrected chi connectivity index (χ3v) is 2.30. The number of hydrogen-bond acceptors (Lipinski definition) is 4. The fourth-order valence-corrected chi connectivity index (χ4v) is 1.56. The molecule has 0 atom stereocenters. The lowest BCUT2D eigenvalue weighted by Crippen LogP contribution is -2.12. The molecular formula is C13H20N2O3. The fraction of sp³-hybridized carbons (Fsp3) is 0.538. The van der Waals surface area contributed by atoms with E-state index in [1.807, 2.05) is 13.0 Å². The van der Waals surface area contributed by atoms with Crippen LogP contribution in [0.5, 0.6) is 0 Å². The summed E-state index contributed by atoms with van der Waals surface area (Å²) in [6.07, 6.45) is 0. The first-order chi connectivity index (χ1) is 8.49. The highest BCUT2D eigenvalue weighted by molar-refractivity contribution is 5.53. The van der Waals surface area contributed by atoms with Crippen molar-refractivity contribution >= 4 is 11.4 Å². The van der Waals surface area contributed by atoms with Crippen molar-refractivity contribution in [2.24, 2.45) is 5.92 Å². The van der Waals surface area contributed by atoms with E-state index in [1.54, 1.807) is 6.07 Å². The predicted molar refractivity (Wildman–Crippen MR) is 72.0 cm³/mol. The van der Waals surface area contributed by atoms with Gasteiger partial charge >= 0.3 is 0 Å². The summed E-state index contributed by atoms with van der Waals surface area (Å²) >= 11 is 0. The molecule has 0 aromatic heterocycles. The minimum Gasteiger partial charge on any atom is -0.383 e. The monoisotopic (exact) mass is 252 g/mol. The van der Waals surface area contributed by atoms with Crippen molar-refractivity contribution in [3.63, 3.8) is 0 Å². The third kappa shape index (κ3) is 5.14. The molecule has 1 aromatic rings.